The van der Waals surface area contributed by atoms with Crippen molar-refractivity contribution in [2.24, 2.45) is 0 Å². The monoisotopic (exact) mass is 397 g/mol. The highest BCUT2D eigenvalue weighted by Crippen LogP contribution is 2.36. The van der Waals surface area contributed by atoms with Gasteiger partial charge in [0, 0.05) is 11.9 Å². The quantitative estimate of drug-likeness (QED) is 0.686. The topological polar surface area (TPSA) is 55.6 Å². The molecule has 3 aromatic rings. The van der Waals surface area contributed by atoms with E-state index in [0.29, 0.717) is 23.5 Å². The molecule has 0 bridgehead atoms. The highest BCUT2D eigenvalue weighted by atomic mass is 35.5. The van der Waals surface area contributed by atoms with Gasteiger partial charge in [0.15, 0.2) is 11.4 Å². The normalized spacial score (nSPS) is 11.6. The molecule has 0 aliphatic heterocycles. The molecule has 0 atom stereocenters. The molecule has 142 valence electrons. The number of pyridine rings is 1. The smallest absolute Gasteiger partial charge is 0.417 e. The number of aromatic nitrogens is 2. The molecular formula is C18H15ClF3N3O2. The van der Waals surface area contributed by atoms with E-state index in [2.05, 4.69) is 10.3 Å². The van der Waals surface area contributed by atoms with Crippen molar-refractivity contribution in [3.05, 3.63) is 58.5 Å². The lowest BCUT2D eigenvalue weighted by Crippen LogP contribution is -2.17. The highest BCUT2D eigenvalue weighted by molar-refractivity contribution is 6.31. The van der Waals surface area contributed by atoms with Crippen LogP contribution in [0.4, 0.5) is 18.9 Å². The number of methoxy groups -OCH3 is 1. The van der Waals surface area contributed by atoms with Crippen molar-refractivity contribution in [2.75, 3.05) is 12.4 Å². The number of imidazole rings is 1. The Morgan fingerprint density at radius 1 is 1.33 bits per heavy atom. The second-order valence-electron chi connectivity index (χ2n) is 5.68. The number of hydrogen-bond donors (Lipinski definition) is 1. The number of ether oxygens (including phenoxy) is 1. The fourth-order valence-electron chi connectivity index (χ4n) is 2.75. The predicted octanol–water partition coefficient (Wildman–Crippen LogP) is 4.83. The molecule has 2 aromatic heterocycles. The zero-order chi connectivity index (χ0) is 19.8. The van der Waals surface area contributed by atoms with Gasteiger partial charge in [-0.2, -0.15) is 13.2 Å². The van der Waals surface area contributed by atoms with Crippen LogP contribution in [0.5, 0.6) is 5.75 Å². The first-order valence-corrected chi connectivity index (χ1v) is 8.36. The fraction of sp³-hybridized carbons (Fsp3) is 0.222. The minimum Gasteiger partial charge on any atom is -0.493 e. The van der Waals surface area contributed by atoms with Crippen LogP contribution >= 0.6 is 11.6 Å². The summed E-state index contributed by atoms with van der Waals surface area (Å²) in [5, 5.41) is 2.05. The van der Waals surface area contributed by atoms with Crippen LogP contribution in [-0.4, -0.2) is 22.4 Å². The molecule has 9 heteroatoms. The molecule has 5 nitrogen and oxygen atoms in total. The van der Waals surface area contributed by atoms with E-state index in [1.54, 1.807) is 22.7 Å². The van der Waals surface area contributed by atoms with Gasteiger partial charge in [-0.25, -0.2) is 4.98 Å². The molecule has 0 saturated carbocycles. The Kier molecular flexibility index (Phi) is 5.01. The van der Waals surface area contributed by atoms with Crippen LogP contribution < -0.4 is 10.1 Å². The van der Waals surface area contributed by atoms with Gasteiger partial charge in [-0.1, -0.05) is 18.5 Å². The van der Waals surface area contributed by atoms with E-state index < -0.39 is 22.7 Å². The van der Waals surface area contributed by atoms with Crippen molar-refractivity contribution in [3.63, 3.8) is 0 Å². The first-order chi connectivity index (χ1) is 12.8. The summed E-state index contributed by atoms with van der Waals surface area (Å²) in [5.41, 5.74) is 0.153. The summed E-state index contributed by atoms with van der Waals surface area (Å²) in [6.07, 6.45) is -2.52. The van der Waals surface area contributed by atoms with Crippen LogP contribution in [0.2, 0.25) is 5.02 Å². The number of alkyl halides is 3. The number of aryl methyl sites for hydroxylation is 1. The van der Waals surface area contributed by atoms with E-state index in [-0.39, 0.29) is 11.4 Å². The lowest BCUT2D eigenvalue weighted by Gasteiger charge is -2.12. The molecule has 3 rings (SSSR count). The van der Waals surface area contributed by atoms with E-state index in [0.717, 1.165) is 12.1 Å². The Morgan fingerprint density at radius 3 is 2.70 bits per heavy atom. The number of anilines is 1. The van der Waals surface area contributed by atoms with Gasteiger partial charge in [-0.3, -0.25) is 9.20 Å². The van der Waals surface area contributed by atoms with Gasteiger partial charge >= 0.3 is 6.18 Å². The van der Waals surface area contributed by atoms with E-state index >= 15 is 0 Å². The molecule has 0 radical (unpaired) electrons. The third kappa shape index (κ3) is 3.57. The minimum absolute atomic E-state index is 0.0170. The van der Waals surface area contributed by atoms with E-state index in [9.17, 15) is 18.0 Å². The molecule has 1 aromatic carbocycles. The third-order valence-electron chi connectivity index (χ3n) is 3.99. The first-order valence-electron chi connectivity index (χ1n) is 7.98. The van der Waals surface area contributed by atoms with Gasteiger partial charge in [0.05, 0.1) is 23.4 Å². The second-order valence-corrected chi connectivity index (χ2v) is 6.08. The van der Waals surface area contributed by atoms with Crippen LogP contribution in [0.25, 0.3) is 5.65 Å². The molecular weight excluding hydrogens is 383 g/mol. The van der Waals surface area contributed by atoms with Crippen molar-refractivity contribution in [1.82, 2.24) is 9.38 Å². The summed E-state index contributed by atoms with van der Waals surface area (Å²) in [6.45, 7) is 1.83. The number of carbonyl (C=O) groups is 1. The minimum atomic E-state index is -4.62. The lowest BCUT2D eigenvalue weighted by molar-refractivity contribution is -0.137. The zero-order valence-electron chi connectivity index (χ0n) is 14.4. The number of hydrogen-bond acceptors (Lipinski definition) is 3. The standard InChI is InChI=1S/C18H15ClF3N3O2/c1-3-13-15(25-8-4-5-14(27-2)16(25)24-13)17(26)23-10-6-7-12(19)11(9-10)18(20,21)22/h4-9H,3H2,1-2H3,(H,23,26). The third-order valence-corrected chi connectivity index (χ3v) is 4.32. The maximum atomic E-state index is 13.0. The van der Waals surface area contributed by atoms with Crippen LogP contribution in [-0.2, 0) is 12.6 Å². The Morgan fingerprint density at radius 2 is 2.07 bits per heavy atom. The van der Waals surface area contributed by atoms with Gasteiger partial charge in [0.25, 0.3) is 5.91 Å². The van der Waals surface area contributed by atoms with Gasteiger partial charge in [-0.15, -0.1) is 0 Å². The molecule has 2 heterocycles. The number of rotatable bonds is 4. The molecule has 1 N–H and O–H groups in total. The molecule has 0 unspecified atom stereocenters. The number of halogens is 4. The fourth-order valence-corrected chi connectivity index (χ4v) is 2.97. The van der Waals surface area contributed by atoms with Crippen molar-refractivity contribution < 1.29 is 22.7 Å². The average Bonchev–Trinajstić information content (AvgIpc) is 3.01. The molecule has 0 fully saturated rings. The summed E-state index contributed by atoms with van der Waals surface area (Å²) in [4.78, 5) is 17.2. The van der Waals surface area contributed by atoms with Crippen molar-refractivity contribution in [2.45, 2.75) is 19.5 Å². The maximum absolute atomic E-state index is 13.0. The van der Waals surface area contributed by atoms with Gasteiger partial charge in [0.2, 0.25) is 0 Å². The van der Waals surface area contributed by atoms with Crippen LogP contribution in [0, 0.1) is 0 Å². The number of nitrogens with zero attached hydrogens (tertiary/aromatic N) is 2. The molecule has 0 aliphatic rings. The maximum Gasteiger partial charge on any atom is 0.417 e. The van der Waals surface area contributed by atoms with Crippen LogP contribution in [0.1, 0.15) is 28.7 Å². The largest absolute Gasteiger partial charge is 0.493 e. The number of fused-ring (bicyclic) bond motifs is 1. The van der Waals surface area contributed by atoms with Crippen LogP contribution in [0.15, 0.2) is 36.5 Å². The van der Waals surface area contributed by atoms with Crippen molar-refractivity contribution >= 4 is 28.8 Å². The average molecular weight is 398 g/mol. The molecule has 0 spiro atoms. The summed E-state index contributed by atoms with van der Waals surface area (Å²) >= 11 is 5.62. The Bertz CT molecular complexity index is 1010. The molecule has 27 heavy (non-hydrogen) atoms. The zero-order valence-corrected chi connectivity index (χ0v) is 15.1. The van der Waals surface area contributed by atoms with Gasteiger partial charge < -0.3 is 10.1 Å². The van der Waals surface area contributed by atoms with E-state index in [4.69, 9.17) is 16.3 Å². The summed E-state index contributed by atoms with van der Waals surface area (Å²) in [5.74, 6) is -0.0971. The van der Waals surface area contributed by atoms with E-state index in [1.807, 2.05) is 6.92 Å². The highest BCUT2D eigenvalue weighted by Gasteiger charge is 2.33. The number of carbonyl (C=O) groups excluding carboxylic acids is 1. The van der Waals surface area contributed by atoms with E-state index in [1.165, 1.54) is 13.2 Å². The summed E-state index contributed by atoms with van der Waals surface area (Å²) in [7, 11) is 1.49. The lowest BCUT2D eigenvalue weighted by atomic mass is 10.2. The number of amides is 1. The first kappa shape index (κ1) is 19.0. The molecule has 0 aliphatic carbocycles. The number of nitrogens with one attached hydrogen (secondary N) is 1. The summed E-state index contributed by atoms with van der Waals surface area (Å²) in [6, 6.07) is 6.60. The number of benzene rings is 1. The van der Waals surface area contributed by atoms with Gasteiger partial charge in [-0.05, 0) is 36.8 Å². The summed E-state index contributed by atoms with van der Waals surface area (Å²) < 4.78 is 45.9. The van der Waals surface area contributed by atoms with Crippen molar-refractivity contribution in [3.8, 4) is 5.75 Å². The second kappa shape index (κ2) is 7.11. The Balaban J connectivity index is 2.03. The SMILES string of the molecule is CCc1nc2c(OC)cccn2c1C(=O)Nc1ccc(Cl)c(C(F)(F)F)c1. The molecule has 0 saturated heterocycles. The Hall–Kier alpha value is -2.74. The Labute approximate surface area is 157 Å². The van der Waals surface area contributed by atoms with Crippen molar-refractivity contribution in [1.29, 1.82) is 0 Å². The van der Waals surface area contributed by atoms with Gasteiger partial charge in [0.1, 0.15) is 5.69 Å². The van der Waals surface area contributed by atoms with Crippen LogP contribution in [0.3, 0.4) is 0 Å². The predicted molar refractivity (Wildman–Crippen MR) is 95.5 cm³/mol. The molecule has 1 amide bonds.